The van der Waals surface area contributed by atoms with Crippen molar-refractivity contribution >= 4 is 22.9 Å². The van der Waals surface area contributed by atoms with Gasteiger partial charge in [0.2, 0.25) is 0 Å². The number of aliphatic hydroxyl groups excluding tert-OH is 2. The molecule has 1 aromatic heterocycles. The van der Waals surface area contributed by atoms with Gasteiger partial charge in [0, 0.05) is 43.6 Å². The molecule has 1 radical (unpaired) electrons. The molecule has 0 unspecified atom stereocenters. The molecule has 2 aromatic rings. The summed E-state index contributed by atoms with van der Waals surface area (Å²) in [6.45, 7) is 0.346. The Bertz CT molecular complexity index is 718. The first-order valence-electron chi connectivity index (χ1n) is 8.50. The summed E-state index contributed by atoms with van der Waals surface area (Å²) in [5.41, 5.74) is 2.00. The Morgan fingerprint density at radius 3 is 2.85 bits per heavy atom. The summed E-state index contributed by atoms with van der Waals surface area (Å²) in [6.07, 6.45) is 5.53. The Labute approximate surface area is 188 Å². The molecular weight excluding hydrogens is 445 g/mol. The van der Waals surface area contributed by atoms with Crippen molar-refractivity contribution in [1.29, 1.82) is 0 Å². The van der Waals surface area contributed by atoms with Crippen molar-refractivity contribution in [1.82, 2.24) is 0 Å². The van der Waals surface area contributed by atoms with Gasteiger partial charge in [0.1, 0.15) is 5.75 Å². The van der Waals surface area contributed by atoms with Crippen LogP contribution >= 0.6 is 22.9 Å². The molecule has 0 amide bonds. The van der Waals surface area contributed by atoms with E-state index in [-0.39, 0.29) is 51.3 Å². The first kappa shape index (κ1) is 22.1. The zero-order valence-electron chi connectivity index (χ0n) is 14.5. The Morgan fingerprint density at radius 2 is 2.12 bits per heavy atom. The van der Waals surface area contributed by atoms with Crippen LogP contribution in [0.15, 0.2) is 42.0 Å². The van der Waals surface area contributed by atoms with Gasteiger partial charge in [-0.2, -0.15) is 6.07 Å². The quantitative estimate of drug-likeness (QED) is 0.448. The van der Waals surface area contributed by atoms with Crippen molar-refractivity contribution < 1.29 is 47.7 Å². The zero-order chi connectivity index (χ0) is 17.6. The summed E-state index contributed by atoms with van der Waals surface area (Å²) >= 11 is 7.71. The Hall–Kier alpha value is -0.226. The van der Waals surface area contributed by atoms with Gasteiger partial charge in [0.25, 0.3) is 0 Å². The molecule has 1 aliphatic carbocycles. The number of hydrogen-bond donors (Lipinski definition) is 2. The van der Waals surface area contributed by atoms with E-state index in [0.717, 1.165) is 24.8 Å². The monoisotopic (exact) mass is 466 g/mol. The third-order valence-corrected chi connectivity index (χ3v) is 5.60. The number of rotatable bonds is 8. The molecule has 1 heterocycles. The summed E-state index contributed by atoms with van der Waals surface area (Å²) in [7, 11) is 0. The van der Waals surface area contributed by atoms with Gasteiger partial charge in [0.15, 0.2) is 0 Å². The van der Waals surface area contributed by atoms with E-state index in [1.54, 1.807) is 29.5 Å². The second-order valence-electron chi connectivity index (χ2n) is 6.33. The molecular formula is C20H22ClO3SY-. The maximum atomic E-state index is 10.3. The van der Waals surface area contributed by atoms with E-state index in [2.05, 4.69) is 17.5 Å². The van der Waals surface area contributed by atoms with Gasteiger partial charge in [0.05, 0.1) is 19.3 Å². The molecule has 2 atom stereocenters. The summed E-state index contributed by atoms with van der Waals surface area (Å²) in [5, 5.41) is 23.2. The molecule has 0 fully saturated rings. The number of thiophene rings is 1. The van der Waals surface area contributed by atoms with Gasteiger partial charge in [-0.05, 0) is 36.6 Å². The van der Waals surface area contributed by atoms with Crippen molar-refractivity contribution in [3.63, 3.8) is 0 Å². The van der Waals surface area contributed by atoms with Crippen LogP contribution in [0.5, 0.6) is 5.75 Å². The van der Waals surface area contributed by atoms with Gasteiger partial charge in [-0.15, -0.1) is 10.3 Å². The summed E-state index contributed by atoms with van der Waals surface area (Å²) < 4.78 is 5.87. The number of hydrogen-bond acceptors (Lipinski definition) is 4. The number of ether oxygens (including phenoxy) is 1. The van der Waals surface area contributed by atoms with Crippen molar-refractivity contribution in [3.8, 4) is 5.75 Å². The molecule has 26 heavy (non-hydrogen) atoms. The topological polar surface area (TPSA) is 49.7 Å². The predicted molar refractivity (Wildman–Crippen MR) is 101 cm³/mol. The second-order valence-corrected chi connectivity index (χ2v) is 7.73. The first-order valence-corrected chi connectivity index (χ1v) is 9.70. The Kier molecular flexibility index (Phi) is 9.29. The maximum absolute atomic E-state index is 10.3. The molecule has 0 bridgehead atoms. The van der Waals surface area contributed by atoms with Crippen molar-refractivity contribution in [2.45, 2.75) is 38.4 Å². The van der Waals surface area contributed by atoms with E-state index < -0.39 is 0 Å². The minimum absolute atomic E-state index is 0. The third kappa shape index (κ3) is 6.15. The fourth-order valence-electron chi connectivity index (χ4n) is 3.19. The van der Waals surface area contributed by atoms with E-state index >= 15 is 0 Å². The normalized spacial score (nSPS) is 19.1. The van der Waals surface area contributed by atoms with E-state index in [0.29, 0.717) is 23.8 Å². The molecule has 1 aromatic carbocycles. The molecule has 0 aliphatic heterocycles. The number of benzene rings is 1. The average Bonchev–Trinajstić information content (AvgIpc) is 3.23. The molecule has 3 rings (SSSR count). The number of aliphatic hydroxyl groups is 2. The second kappa shape index (κ2) is 10.9. The Morgan fingerprint density at radius 1 is 1.27 bits per heavy atom. The van der Waals surface area contributed by atoms with Crippen LogP contribution in [0.4, 0.5) is 0 Å². The SMILES string of the molecule is OCc1cc(Cl)cc(OC[C@@H]2C(CCCc3cc[c-]s3)=CC[C@H]2O)c1.[Y]. The van der Waals surface area contributed by atoms with E-state index in [9.17, 15) is 10.2 Å². The molecule has 0 saturated carbocycles. The summed E-state index contributed by atoms with van der Waals surface area (Å²) in [6, 6.07) is 9.30. The molecule has 6 heteroatoms. The third-order valence-electron chi connectivity index (χ3n) is 4.52. The van der Waals surface area contributed by atoms with Gasteiger partial charge in [-0.3, -0.25) is 0 Å². The first-order chi connectivity index (χ1) is 12.2. The van der Waals surface area contributed by atoms with Crippen LogP contribution in [0.3, 0.4) is 0 Å². The van der Waals surface area contributed by atoms with Gasteiger partial charge >= 0.3 is 0 Å². The minimum atomic E-state index is -0.387. The van der Waals surface area contributed by atoms with Crippen LogP contribution in [-0.4, -0.2) is 22.9 Å². The minimum Gasteiger partial charge on any atom is -0.493 e. The van der Waals surface area contributed by atoms with E-state index in [1.165, 1.54) is 10.5 Å². The number of halogens is 1. The Balaban J connectivity index is 0.00000243. The van der Waals surface area contributed by atoms with Crippen LogP contribution in [0, 0.1) is 11.3 Å². The summed E-state index contributed by atoms with van der Waals surface area (Å²) in [4.78, 5) is 1.35. The largest absolute Gasteiger partial charge is 0.493 e. The van der Waals surface area contributed by atoms with Crippen LogP contribution in [-0.2, 0) is 45.7 Å². The molecule has 137 valence electrons. The molecule has 1 aliphatic rings. The smallest absolute Gasteiger partial charge is 0.121 e. The zero-order valence-corrected chi connectivity index (χ0v) is 18.9. The van der Waals surface area contributed by atoms with Gasteiger partial charge in [-0.1, -0.05) is 36.1 Å². The molecule has 0 spiro atoms. The predicted octanol–water partition coefficient (Wildman–Crippen LogP) is 4.40. The molecule has 2 N–H and O–H groups in total. The fraction of sp³-hybridized carbons (Fsp3) is 0.400. The van der Waals surface area contributed by atoms with Crippen LogP contribution in [0.2, 0.25) is 5.02 Å². The van der Waals surface area contributed by atoms with E-state index in [4.69, 9.17) is 16.3 Å². The van der Waals surface area contributed by atoms with Crippen molar-refractivity contribution in [3.05, 3.63) is 62.8 Å². The molecule has 3 nitrogen and oxygen atoms in total. The van der Waals surface area contributed by atoms with Crippen molar-refractivity contribution in [2.75, 3.05) is 6.61 Å². The van der Waals surface area contributed by atoms with E-state index in [1.807, 2.05) is 6.07 Å². The fourth-order valence-corrected chi connectivity index (χ4v) is 4.11. The standard InChI is InChI=1S/C20H22ClO3S.Y/c21-16-9-14(12-22)10-17(11-16)24-13-19-15(6-7-20(19)23)3-1-4-18-5-2-8-25-18;/h2,5-6,9-11,19-20,22-23H,1,3-4,7,12-13H2;/q-1;/t19-,20-;/m1./s1. The van der Waals surface area contributed by atoms with Gasteiger partial charge in [-0.25, -0.2) is 6.07 Å². The van der Waals surface area contributed by atoms with Crippen LogP contribution < -0.4 is 4.74 Å². The summed E-state index contributed by atoms with van der Waals surface area (Å²) in [5.74, 6) is 0.649. The number of aryl methyl sites for hydroxylation is 1. The van der Waals surface area contributed by atoms with Crippen LogP contribution in [0.25, 0.3) is 0 Å². The van der Waals surface area contributed by atoms with Crippen molar-refractivity contribution in [2.24, 2.45) is 5.92 Å². The van der Waals surface area contributed by atoms with Crippen LogP contribution in [0.1, 0.15) is 29.7 Å². The average molecular weight is 467 g/mol. The molecule has 0 saturated heterocycles. The van der Waals surface area contributed by atoms with Gasteiger partial charge < -0.3 is 26.3 Å². The maximum Gasteiger partial charge on any atom is 0.121 e.